The molecule has 0 unspecified atom stereocenters. The number of methoxy groups -OCH3 is 1. The van der Waals surface area contributed by atoms with E-state index in [9.17, 15) is 4.57 Å². The van der Waals surface area contributed by atoms with Crippen LogP contribution < -0.4 is 20.7 Å². The fourth-order valence-electron chi connectivity index (χ4n) is 3.99. The van der Waals surface area contributed by atoms with E-state index in [1.807, 2.05) is 24.3 Å². The molecule has 2 heterocycles. The van der Waals surface area contributed by atoms with Gasteiger partial charge in [0, 0.05) is 30.2 Å². The lowest BCUT2D eigenvalue weighted by atomic mass is 9.99. The first-order valence-electron chi connectivity index (χ1n) is 10.8. The zero-order valence-electron chi connectivity index (χ0n) is 19.6. The van der Waals surface area contributed by atoms with E-state index >= 15 is 0 Å². The maximum atomic E-state index is 12.8. The number of hydrogen-bond donors (Lipinski definition) is 2. The third kappa shape index (κ3) is 5.10. The maximum absolute atomic E-state index is 12.8. The van der Waals surface area contributed by atoms with Crippen LogP contribution in [0.3, 0.4) is 0 Å². The Morgan fingerprint density at radius 2 is 1.94 bits per heavy atom. The van der Waals surface area contributed by atoms with E-state index in [0.29, 0.717) is 11.8 Å². The molecule has 33 heavy (non-hydrogen) atoms. The van der Waals surface area contributed by atoms with E-state index in [2.05, 4.69) is 46.3 Å². The van der Waals surface area contributed by atoms with Crippen LogP contribution in [-0.4, -0.2) is 48.9 Å². The van der Waals surface area contributed by atoms with Crippen LogP contribution in [0.2, 0.25) is 0 Å². The Morgan fingerprint density at radius 3 is 2.67 bits per heavy atom. The van der Waals surface area contributed by atoms with Crippen molar-refractivity contribution in [1.29, 1.82) is 0 Å². The molecule has 3 aromatic rings. The first kappa shape index (κ1) is 23.0. The van der Waals surface area contributed by atoms with Crippen molar-refractivity contribution in [3.8, 4) is 5.75 Å². The molecule has 0 saturated heterocycles. The van der Waals surface area contributed by atoms with Crippen molar-refractivity contribution in [2.75, 3.05) is 44.7 Å². The molecule has 0 saturated carbocycles. The van der Waals surface area contributed by atoms with Crippen LogP contribution >= 0.6 is 7.14 Å². The van der Waals surface area contributed by atoms with Gasteiger partial charge in [-0.3, -0.25) is 0 Å². The van der Waals surface area contributed by atoms with Gasteiger partial charge in [-0.1, -0.05) is 24.8 Å². The number of ether oxygens (including phenoxy) is 1. The molecule has 1 aliphatic heterocycles. The van der Waals surface area contributed by atoms with Crippen LogP contribution in [0, 0.1) is 0 Å². The van der Waals surface area contributed by atoms with Crippen molar-refractivity contribution in [2.24, 2.45) is 0 Å². The Bertz CT molecular complexity index is 1240. The molecule has 0 bridgehead atoms. The number of rotatable bonds is 7. The summed E-state index contributed by atoms with van der Waals surface area (Å²) in [4.78, 5) is 11.5. The molecule has 0 spiro atoms. The van der Waals surface area contributed by atoms with E-state index in [1.165, 1.54) is 11.1 Å². The third-order valence-electron chi connectivity index (χ3n) is 5.75. The van der Waals surface area contributed by atoms with E-state index in [4.69, 9.17) is 9.72 Å². The zero-order valence-corrected chi connectivity index (χ0v) is 20.4. The molecule has 8 heteroatoms. The number of hydrogen-bond acceptors (Lipinski definition) is 7. The Kier molecular flexibility index (Phi) is 6.54. The van der Waals surface area contributed by atoms with Crippen LogP contribution in [0.5, 0.6) is 5.75 Å². The molecule has 172 valence electrons. The number of likely N-dealkylation sites (N-methyl/N-ethyl adjacent to an activating group) is 1. The van der Waals surface area contributed by atoms with Crippen LogP contribution in [0.25, 0.3) is 6.08 Å². The van der Waals surface area contributed by atoms with E-state index in [-0.39, 0.29) is 0 Å². The van der Waals surface area contributed by atoms with Crippen molar-refractivity contribution < 1.29 is 9.30 Å². The van der Waals surface area contributed by atoms with Gasteiger partial charge in [-0.2, -0.15) is 4.98 Å². The molecule has 0 amide bonds. The lowest BCUT2D eigenvalue weighted by Gasteiger charge is -2.26. The molecule has 1 aromatic heterocycles. The van der Waals surface area contributed by atoms with E-state index in [1.54, 1.807) is 32.7 Å². The standard InChI is InChI=1S/C25H30N5O2P/c1-6-17-15-26-25(29-24(17)27-20-9-7-8-10-23(20)33(4,5)31)28-21-13-19-16-30(2)12-11-18(19)14-22(21)32-3/h6-10,13-15H,1,11-12,16H2,2-5H3,(H2,26,27,28,29). The molecule has 1 aliphatic rings. The summed E-state index contributed by atoms with van der Waals surface area (Å²) in [5, 5.41) is 7.42. The summed E-state index contributed by atoms with van der Waals surface area (Å²) in [6, 6.07) is 11.8. The summed E-state index contributed by atoms with van der Waals surface area (Å²) < 4.78 is 18.4. The number of para-hydroxylation sites is 1. The fraction of sp³-hybridized carbons (Fsp3) is 0.280. The minimum atomic E-state index is -2.48. The highest BCUT2D eigenvalue weighted by molar-refractivity contribution is 7.70. The molecular formula is C25H30N5O2P. The summed E-state index contributed by atoms with van der Waals surface area (Å²) in [5.74, 6) is 1.77. The fourth-order valence-corrected chi connectivity index (χ4v) is 5.15. The van der Waals surface area contributed by atoms with Gasteiger partial charge in [-0.05, 0) is 62.2 Å². The molecule has 0 aliphatic carbocycles. The van der Waals surface area contributed by atoms with Crippen molar-refractivity contribution in [2.45, 2.75) is 13.0 Å². The van der Waals surface area contributed by atoms with Gasteiger partial charge in [0.05, 0.1) is 18.5 Å². The van der Waals surface area contributed by atoms with Crippen molar-refractivity contribution in [1.82, 2.24) is 14.9 Å². The number of benzene rings is 2. The summed E-state index contributed by atoms with van der Waals surface area (Å²) in [6.07, 6.45) is 4.41. The highest BCUT2D eigenvalue weighted by Crippen LogP contribution is 2.38. The number of nitrogens with zero attached hydrogens (tertiary/aromatic N) is 3. The number of nitrogens with one attached hydrogen (secondary N) is 2. The highest BCUT2D eigenvalue weighted by Gasteiger charge is 2.19. The average Bonchev–Trinajstić information content (AvgIpc) is 2.78. The zero-order chi connectivity index (χ0) is 23.6. The van der Waals surface area contributed by atoms with Gasteiger partial charge in [0.1, 0.15) is 18.7 Å². The van der Waals surface area contributed by atoms with Crippen molar-refractivity contribution in [3.63, 3.8) is 0 Å². The number of fused-ring (bicyclic) bond motifs is 1. The van der Waals surface area contributed by atoms with E-state index in [0.717, 1.165) is 47.5 Å². The molecule has 2 N–H and O–H groups in total. The summed E-state index contributed by atoms with van der Waals surface area (Å²) in [6.45, 7) is 9.32. The normalized spacial score (nSPS) is 13.8. The monoisotopic (exact) mass is 463 g/mol. The molecule has 0 fully saturated rings. The second-order valence-corrected chi connectivity index (χ2v) is 11.8. The lowest BCUT2D eigenvalue weighted by Crippen LogP contribution is -2.26. The van der Waals surface area contributed by atoms with Gasteiger partial charge in [0.25, 0.3) is 0 Å². The van der Waals surface area contributed by atoms with Gasteiger partial charge < -0.3 is 24.8 Å². The second kappa shape index (κ2) is 9.38. The van der Waals surface area contributed by atoms with Gasteiger partial charge in [-0.25, -0.2) is 4.98 Å². The van der Waals surface area contributed by atoms with Crippen LogP contribution in [-0.2, 0) is 17.5 Å². The minimum Gasteiger partial charge on any atom is -0.495 e. The summed E-state index contributed by atoms with van der Waals surface area (Å²) in [7, 11) is 1.31. The third-order valence-corrected chi connectivity index (χ3v) is 7.30. The smallest absolute Gasteiger partial charge is 0.229 e. The first-order valence-corrected chi connectivity index (χ1v) is 13.4. The predicted molar refractivity (Wildman–Crippen MR) is 137 cm³/mol. The van der Waals surface area contributed by atoms with Gasteiger partial charge in [0.2, 0.25) is 5.95 Å². The second-order valence-electron chi connectivity index (χ2n) is 8.63. The van der Waals surface area contributed by atoms with Crippen LogP contribution in [0.15, 0.2) is 49.2 Å². The minimum absolute atomic E-state index is 0.430. The highest BCUT2D eigenvalue weighted by atomic mass is 31.2. The SMILES string of the molecule is C=Cc1cnc(Nc2cc3c(cc2OC)CCN(C)C3)nc1Nc1ccccc1P(C)(C)=O. The largest absolute Gasteiger partial charge is 0.495 e. The molecule has 7 nitrogen and oxygen atoms in total. The molecule has 0 radical (unpaired) electrons. The van der Waals surface area contributed by atoms with Crippen LogP contribution in [0.4, 0.5) is 23.1 Å². The molecule has 0 atom stereocenters. The lowest BCUT2D eigenvalue weighted by molar-refractivity contribution is 0.312. The maximum Gasteiger partial charge on any atom is 0.229 e. The van der Waals surface area contributed by atoms with E-state index < -0.39 is 7.14 Å². The Labute approximate surface area is 195 Å². The Hall–Kier alpha value is -3.15. The molecule has 4 rings (SSSR count). The Balaban J connectivity index is 1.68. The summed E-state index contributed by atoms with van der Waals surface area (Å²) >= 11 is 0. The van der Waals surface area contributed by atoms with Crippen molar-refractivity contribution in [3.05, 3.63) is 65.9 Å². The summed E-state index contributed by atoms with van der Waals surface area (Å²) in [5.41, 5.74) is 4.89. The quantitative estimate of drug-likeness (QED) is 0.485. The predicted octanol–water partition coefficient (Wildman–Crippen LogP) is 4.85. The van der Waals surface area contributed by atoms with Crippen molar-refractivity contribution >= 4 is 41.7 Å². The Morgan fingerprint density at radius 1 is 1.15 bits per heavy atom. The van der Waals surface area contributed by atoms with Gasteiger partial charge in [0.15, 0.2) is 0 Å². The number of aromatic nitrogens is 2. The first-order chi connectivity index (χ1) is 15.8. The molecular weight excluding hydrogens is 433 g/mol. The van der Waals surface area contributed by atoms with Gasteiger partial charge in [-0.15, -0.1) is 0 Å². The molecule has 2 aromatic carbocycles. The number of anilines is 4. The van der Waals surface area contributed by atoms with Gasteiger partial charge >= 0.3 is 0 Å². The average molecular weight is 464 g/mol. The van der Waals surface area contributed by atoms with Crippen LogP contribution in [0.1, 0.15) is 16.7 Å². The topological polar surface area (TPSA) is 79.4 Å².